The highest BCUT2D eigenvalue weighted by molar-refractivity contribution is 5.68. The fraction of sp³-hybridized carbons (Fsp3) is 0.333. The SMILES string of the molecule is NCc1nc(-c2cc3c(cc2O)OCCCO3)no1. The molecule has 100 valence electrons. The Morgan fingerprint density at radius 3 is 2.63 bits per heavy atom. The zero-order valence-corrected chi connectivity index (χ0v) is 10.1. The zero-order chi connectivity index (χ0) is 13.2. The molecule has 0 amide bonds. The summed E-state index contributed by atoms with van der Waals surface area (Å²) in [5.74, 6) is 1.66. The summed E-state index contributed by atoms with van der Waals surface area (Å²) in [4.78, 5) is 4.07. The molecule has 0 saturated carbocycles. The van der Waals surface area contributed by atoms with Gasteiger partial charge in [-0.3, -0.25) is 0 Å². The van der Waals surface area contributed by atoms with E-state index < -0.39 is 0 Å². The number of hydrogen-bond donors (Lipinski definition) is 2. The van der Waals surface area contributed by atoms with Crippen LogP contribution < -0.4 is 15.2 Å². The Hall–Kier alpha value is -2.28. The number of nitrogens with zero attached hydrogens (tertiary/aromatic N) is 2. The van der Waals surface area contributed by atoms with Crippen molar-refractivity contribution in [3.8, 4) is 28.6 Å². The maximum atomic E-state index is 10.0. The van der Waals surface area contributed by atoms with E-state index in [-0.39, 0.29) is 18.1 Å². The molecule has 0 fully saturated rings. The van der Waals surface area contributed by atoms with Crippen molar-refractivity contribution in [1.29, 1.82) is 0 Å². The molecule has 0 atom stereocenters. The van der Waals surface area contributed by atoms with Crippen molar-refractivity contribution < 1.29 is 19.1 Å². The van der Waals surface area contributed by atoms with E-state index in [2.05, 4.69) is 10.1 Å². The highest BCUT2D eigenvalue weighted by Gasteiger charge is 2.18. The van der Waals surface area contributed by atoms with Crippen LogP contribution in [0, 0.1) is 0 Å². The van der Waals surface area contributed by atoms with E-state index >= 15 is 0 Å². The van der Waals surface area contributed by atoms with E-state index in [0.717, 1.165) is 6.42 Å². The van der Waals surface area contributed by atoms with Gasteiger partial charge < -0.3 is 24.8 Å². The van der Waals surface area contributed by atoms with Gasteiger partial charge in [0.25, 0.3) is 0 Å². The summed E-state index contributed by atoms with van der Waals surface area (Å²) in [5, 5.41) is 13.8. The first-order valence-corrected chi connectivity index (χ1v) is 5.93. The van der Waals surface area contributed by atoms with Gasteiger partial charge in [-0.25, -0.2) is 0 Å². The number of hydrogen-bond acceptors (Lipinski definition) is 7. The lowest BCUT2D eigenvalue weighted by molar-refractivity contribution is 0.296. The number of aromatic nitrogens is 2. The van der Waals surface area contributed by atoms with Crippen LogP contribution in [0.3, 0.4) is 0 Å². The first-order chi connectivity index (χ1) is 9.28. The lowest BCUT2D eigenvalue weighted by Gasteiger charge is -2.09. The standard InChI is InChI=1S/C12H13N3O4/c13-6-11-14-12(15-19-11)7-4-9-10(5-8(7)16)18-3-1-2-17-9/h4-5,16H,1-3,6,13H2. The molecule has 1 aliphatic rings. The van der Waals surface area contributed by atoms with Crippen molar-refractivity contribution in [3.63, 3.8) is 0 Å². The van der Waals surface area contributed by atoms with Crippen LogP contribution >= 0.6 is 0 Å². The van der Waals surface area contributed by atoms with Crippen LogP contribution in [-0.4, -0.2) is 28.5 Å². The summed E-state index contributed by atoms with van der Waals surface area (Å²) < 4.78 is 16.0. The van der Waals surface area contributed by atoms with Crippen LogP contribution in [0.2, 0.25) is 0 Å². The number of aromatic hydroxyl groups is 1. The van der Waals surface area contributed by atoms with Crippen LogP contribution in [0.25, 0.3) is 11.4 Å². The Bertz CT molecular complexity index is 597. The highest BCUT2D eigenvalue weighted by Crippen LogP contribution is 2.39. The van der Waals surface area contributed by atoms with Crippen LogP contribution in [0.5, 0.6) is 17.2 Å². The number of nitrogens with two attached hydrogens (primary N) is 1. The van der Waals surface area contributed by atoms with Crippen molar-refractivity contribution >= 4 is 0 Å². The number of fused-ring (bicyclic) bond motifs is 1. The average molecular weight is 263 g/mol. The van der Waals surface area contributed by atoms with Crippen molar-refractivity contribution in [1.82, 2.24) is 10.1 Å². The van der Waals surface area contributed by atoms with Gasteiger partial charge >= 0.3 is 0 Å². The molecule has 2 heterocycles. The van der Waals surface area contributed by atoms with Gasteiger partial charge in [-0.1, -0.05) is 5.16 Å². The summed E-state index contributed by atoms with van der Waals surface area (Å²) >= 11 is 0. The third-order valence-electron chi connectivity index (χ3n) is 2.75. The van der Waals surface area contributed by atoms with Crippen molar-refractivity contribution in [3.05, 3.63) is 18.0 Å². The van der Waals surface area contributed by atoms with Crippen molar-refractivity contribution in [2.75, 3.05) is 13.2 Å². The summed E-state index contributed by atoms with van der Waals surface area (Å²) in [6, 6.07) is 3.13. The Kier molecular flexibility index (Phi) is 2.96. The second-order valence-electron chi connectivity index (χ2n) is 4.08. The fourth-order valence-electron chi connectivity index (χ4n) is 1.82. The second-order valence-corrected chi connectivity index (χ2v) is 4.08. The molecule has 0 aliphatic carbocycles. The number of phenols is 1. The zero-order valence-electron chi connectivity index (χ0n) is 10.1. The Morgan fingerprint density at radius 2 is 1.95 bits per heavy atom. The molecule has 1 aliphatic heterocycles. The molecular formula is C12H13N3O4. The van der Waals surface area contributed by atoms with Gasteiger partial charge in [0.05, 0.1) is 25.3 Å². The Balaban J connectivity index is 2.04. The first-order valence-electron chi connectivity index (χ1n) is 5.93. The van der Waals surface area contributed by atoms with E-state index in [9.17, 15) is 5.11 Å². The summed E-state index contributed by atoms with van der Waals surface area (Å²) in [6.07, 6.45) is 0.796. The Morgan fingerprint density at radius 1 is 1.21 bits per heavy atom. The molecule has 1 aromatic heterocycles. The number of phenolic OH excluding ortho intramolecular Hbond substituents is 1. The minimum Gasteiger partial charge on any atom is -0.507 e. The Labute approximate surface area is 108 Å². The molecule has 7 heteroatoms. The summed E-state index contributed by atoms with van der Waals surface area (Å²) in [6.45, 7) is 1.28. The van der Waals surface area contributed by atoms with Gasteiger partial charge in [0, 0.05) is 12.5 Å². The monoisotopic (exact) mass is 263 g/mol. The molecule has 3 rings (SSSR count). The number of rotatable bonds is 2. The lowest BCUT2D eigenvalue weighted by atomic mass is 10.1. The van der Waals surface area contributed by atoms with E-state index in [1.54, 1.807) is 6.07 Å². The third kappa shape index (κ3) is 2.19. The average Bonchev–Trinajstić information content (AvgIpc) is 2.78. The molecule has 0 bridgehead atoms. The van der Waals surface area contributed by atoms with Gasteiger partial charge in [-0.05, 0) is 6.07 Å². The second kappa shape index (κ2) is 4.77. The number of ether oxygens (including phenoxy) is 2. The molecule has 0 saturated heterocycles. The molecule has 0 spiro atoms. The molecule has 0 unspecified atom stereocenters. The molecule has 19 heavy (non-hydrogen) atoms. The third-order valence-corrected chi connectivity index (χ3v) is 2.75. The van der Waals surface area contributed by atoms with Crippen LogP contribution in [-0.2, 0) is 6.54 Å². The van der Waals surface area contributed by atoms with Gasteiger partial charge in [0.2, 0.25) is 11.7 Å². The maximum Gasteiger partial charge on any atom is 0.240 e. The van der Waals surface area contributed by atoms with Gasteiger partial charge in [0.15, 0.2) is 11.5 Å². The number of benzene rings is 1. The topological polar surface area (TPSA) is 104 Å². The smallest absolute Gasteiger partial charge is 0.240 e. The molecule has 7 nitrogen and oxygen atoms in total. The van der Waals surface area contributed by atoms with Crippen LogP contribution in [0.4, 0.5) is 0 Å². The fourth-order valence-corrected chi connectivity index (χ4v) is 1.82. The largest absolute Gasteiger partial charge is 0.507 e. The minimum absolute atomic E-state index is 0.00798. The predicted molar refractivity (Wildman–Crippen MR) is 64.9 cm³/mol. The van der Waals surface area contributed by atoms with Crippen molar-refractivity contribution in [2.45, 2.75) is 13.0 Å². The van der Waals surface area contributed by atoms with Gasteiger partial charge in [-0.2, -0.15) is 4.98 Å². The minimum atomic E-state index is 0.00798. The molecule has 1 aromatic carbocycles. The van der Waals surface area contributed by atoms with E-state index in [1.165, 1.54) is 6.07 Å². The maximum absolute atomic E-state index is 10.0. The van der Waals surface area contributed by atoms with Gasteiger partial charge in [0.1, 0.15) is 5.75 Å². The van der Waals surface area contributed by atoms with Gasteiger partial charge in [-0.15, -0.1) is 0 Å². The molecule has 3 N–H and O–H groups in total. The molecular weight excluding hydrogens is 250 g/mol. The predicted octanol–water partition coefficient (Wildman–Crippen LogP) is 1.06. The van der Waals surface area contributed by atoms with E-state index in [0.29, 0.717) is 36.2 Å². The van der Waals surface area contributed by atoms with Crippen LogP contribution in [0.15, 0.2) is 16.7 Å². The summed E-state index contributed by atoms with van der Waals surface area (Å²) in [5.41, 5.74) is 5.83. The van der Waals surface area contributed by atoms with Crippen molar-refractivity contribution in [2.24, 2.45) is 5.73 Å². The molecule has 2 aromatic rings. The van der Waals surface area contributed by atoms with E-state index in [4.69, 9.17) is 19.7 Å². The summed E-state index contributed by atoms with van der Waals surface area (Å²) in [7, 11) is 0. The first kappa shape index (κ1) is 11.8. The highest BCUT2D eigenvalue weighted by atomic mass is 16.5. The molecule has 0 radical (unpaired) electrons. The lowest BCUT2D eigenvalue weighted by Crippen LogP contribution is -1.97. The van der Waals surface area contributed by atoms with E-state index in [1.807, 2.05) is 0 Å². The normalized spacial score (nSPS) is 14.2. The van der Waals surface area contributed by atoms with Crippen LogP contribution in [0.1, 0.15) is 12.3 Å². The quantitative estimate of drug-likeness (QED) is 0.834.